The molecule has 0 aliphatic heterocycles. The molecule has 0 aliphatic rings. The molecular formula is C10H19N4O3+. The van der Waals surface area contributed by atoms with Gasteiger partial charge in [-0.3, -0.25) is 5.32 Å². The molecule has 0 saturated heterocycles. The van der Waals surface area contributed by atoms with Gasteiger partial charge in [0.15, 0.2) is 0 Å². The van der Waals surface area contributed by atoms with Crippen molar-refractivity contribution in [2.45, 2.75) is 6.92 Å². The first-order valence-corrected chi connectivity index (χ1v) is 5.20. The van der Waals surface area contributed by atoms with Crippen LogP contribution >= 0.6 is 0 Å². The van der Waals surface area contributed by atoms with Gasteiger partial charge in [-0.1, -0.05) is 0 Å². The minimum atomic E-state index is -0.747. The van der Waals surface area contributed by atoms with Crippen molar-refractivity contribution in [3.63, 3.8) is 0 Å². The predicted octanol–water partition coefficient (Wildman–Crippen LogP) is -0.210. The van der Waals surface area contributed by atoms with Gasteiger partial charge in [-0.15, -0.1) is 0 Å². The van der Waals surface area contributed by atoms with Crippen molar-refractivity contribution in [2.75, 3.05) is 41.0 Å². The van der Waals surface area contributed by atoms with Crippen molar-refractivity contribution in [3.05, 3.63) is 0 Å². The van der Waals surface area contributed by atoms with Gasteiger partial charge in [0.2, 0.25) is 0 Å². The number of rotatable bonds is 4. The van der Waals surface area contributed by atoms with E-state index in [9.17, 15) is 4.79 Å². The van der Waals surface area contributed by atoms with E-state index in [1.54, 1.807) is 37.5 Å². The standard InChI is InChI=1S/C10H19N4O3/c1-5-16-10(15)17-9(13(2)3)14(4)8-12-7-6-11/h12H,5,7-8H2,1-4H3/q+1. The Morgan fingerprint density at radius 2 is 2.18 bits per heavy atom. The molecule has 0 fully saturated rings. The lowest BCUT2D eigenvalue weighted by Gasteiger charge is -2.14. The van der Waals surface area contributed by atoms with Crippen LogP contribution in [-0.4, -0.2) is 62.6 Å². The van der Waals surface area contributed by atoms with Gasteiger partial charge >= 0.3 is 12.2 Å². The van der Waals surface area contributed by atoms with Crippen molar-refractivity contribution in [3.8, 4) is 6.07 Å². The molecule has 0 spiro atoms. The zero-order valence-electron chi connectivity index (χ0n) is 10.7. The summed E-state index contributed by atoms with van der Waals surface area (Å²) in [6, 6.07) is 2.30. The molecule has 0 radical (unpaired) electrons. The van der Waals surface area contributed by atoms with Crippen LogP contribution in [0.15, 0.2) is 0 Å². The van der Waals surface area contributed by atoms with Crippen molar-refractivity contribution < 1.29 is 18.8 Å². The molecule has 0 aromatic carbocycles. The van der Waals surface area contributed by atoms with E-state index in [-0.39, 0.29) is 13.2 Å². The van der Waals surface area contributed by atoms with E-state index in [4.69, 9.17) is 14.7 Å². The van der Waals surface area contributed by atoms with Gasteiger partial charge in [0.25, 0.3) is 0 Å². The predicted molar refractivity (Wildman–Crippen MR) is 61.5 cm³/mol. The van der Waals surface area contributed by atoms with Crippen molar-refractivity contribution in [1.29, 1.82) is 5.26 Å². The van der Waals surface area contributed by atoms with Gasteiger partial charge in [0.05, 0.1) is 40.4 Å². The molecule has 1 N–H and O–H groups in total. The van der Waals surface area contributed by atoms with Crippen LogP contribution in [0.25, 0.3) is 0 Å². The highest BCUT2D eigenvalue weighted by Gasteiger charge is 2.22. The van der Waals surface area contributed by atoms with E-state index in [0.29, 0.717) is 12.7 Å². The summed E-state index contributed by atoms with van der Waals surface area (Å²) in [7, 11) is 5.23. The van der Waals surface area contributed by atoms with Crippen molar-refractivity contribution in [1.82, 2.24) is 10.2 Å². The molecule has 7 nitrogen and oxygen atoms in total. The van der Waals surface area contributed by atoms with Gasteiger partial charge in [-0.2, -0.15) is 5.26 Å². The minimum Gasteiger partial charge on any atom is -0.434 e. The van der Waals surface area contributed by atoms with E-state index in [1.165, 1.54) is 0 Å². The van der Waals surface area contributed by atoms with Gasteiger partial charge in [-0.05, 0) is 6.92 Å². The van der Waals surface area contributed by atoms with Gasteiger partial charge < -0.3 is 9.47 Å². The third kappa shape index (κ3) is 6.37. The normalized spacial score (nSPS) is 9.12. The second-order valence-corrected chi connectivity index (χ2v) is 3.40. The Kier molecular flexibility index (Phi) is 7.46. The van der Waals surface area contributed by atoms with E-state index >= 15 is 0 Å². The molecular weight excluding hydrogens is 224 g/mol. The lowest BCUT2D eigenvalue weighted by molar-refractivity contribution is -0.479. The fraction of sp³-hybridized carbons (Fsp3) is 0.700. The smallest absolute Gasteiger partial charge is 0.434 e. The maximum atomic E-state index is 11.2. The van der Waals surface area contributed by atoms with E-state index < -0.39 is 6.16 Å². The fourth-order valence-electron chi connectivity index (χ4n) is 1.08. The van der Waals surface area contributed by atoms with Crippen molar-refractivity contribution >= 4 is 12.2 Å². The molecule has 0 heterocycles. The molecule has 0 unspecified atom stereocenters. The summed E-state index contributed by atoms with van der Waals surface area (Å²) in [5, 5.41) is 11.2. The highest BCUT2D eigenvalue weighted by atomic mass is 16.7. The summed E-state index contributed by atoms with van der Waals surface area (Å²) in [5.74, 6) is 0. The van der Waals surface area contributed by atoms with E-state index in [0.717, 1.165) is 0 Å². The number of nitrogens with one attached hydrogen (secondary N) is 1. The number of nitriles is 1. The number of nitrogens with zero attached hydrogens (tertiary/aromatic N) is 3. The Hall–Kier alpha value is -1.81. The molecule has 7 heteroatoms. The van der Waals surface area contributed by atoms with Crippen LogP contribution in [-0.2, 0) is 9.47 Å². The Balaban J connectivity index is 4.40. The Morgan fingerprint density at radius 3 is 2.65 bits per heavy atom. The SMILES string of the molecule is CCOC(=O)OC(N(C)CNCC#N)=[N+](C)C. The first-order valence-electron chi connectivity index (χ1n) is 5.20. The number of carbonyl (C=O) groups is 1. The van der Waals surface area contributed by atoms with Crippen LogP contribution < -0.4 is 5.32 Å². The number of hydrogen-bond donors (Lipinski definition) is 1. The van der Waals surface area contributed by atoms with Crippen LogP contribution in [0.1, 0.15) is 6.92 Å². The number of amidine groups is 1. The van der Waals surface area contributed by atoms with Crippen molar-refractivity contribution in [2.24, 2.45) is 0 Å². The zero-order valence-corrected chi connectivity index (χ0v) is 10.7. The van der Waals surface area contributed by atoms with Crippen LogP contribution in [0.4, 0.5) is 4.79 Å². The van der Waals surface area contributed by atoms with E-state index in [1.807, 2.05) is 6.07 Å². The fourth-order valence-corrected chi connectivity index (χ4v) is 1.08. The second-order valence-electron chi connectivity index (χ2n) is 3.40. The lowest BCUT2D eigenvalue weighted by atomic mass is 10.7. The molecule has 17 heavy (non-hydrogen) atoms. The Morgan fingerprint density at radius 1 is 1.53 bits per heavy atom. The number of hydrogen-bond acceptors (Lipinski definition) is 5. The minimum absolute atomic E-state index is 0.227. The summed E-state index contributed by atoms with van der Waals surface area (Å²) >= 11 is 0. The van der Waals surface area contributed by atoms with Gasteiger partial charge in [0.1, 0.15) is 6.67 Å². The summed E-state index contributed by atoms with van der Waals surface area (Å²) in [6.07, 6.45) is -0.747. The summed E-state index contributed by atoms with van der Waals surface area (Å²) < 4.78 is 11.4. The maximum Gasteiger partial charge on any atom is 0.519 e. The molecule has 0 atom stereocenters. The molecule has 0 bridgehead atoms. The van der Waals surface area contributed by atoms with Gasteiger partial charge in [-0.25, -0.2) is 14.3 Å². The maximum absolute atomic E-state index is 11.2. The topological polar surface area (TPSA) is 77.6 Å². The molecule has 0 amide bonds. The van der Waals surface area contributed by atoms with Crippen LogP contribution in [0.5, 0.6) is 0 Å². The quantitative estimate of drug-likeness (QED) is 0.140. The summed E-state index contributed by atoms with van der Waals surface area (Å²) in [6.45, 7) is 2.58. The van der Waals surface area contributed by atoms with Crippen LogP contribution in [0, 0.1) is 11.3 Å². The number of ether oxygens (including phenoxy) is 2. The Labute approximate surface area is 101 Å². The molecule has 0 aromatic rings. The van der Waals surface area contributed by atoms with Crippen LogP contribution in [0.2, 0.25) is 0 Å². The average Bonchev–Trinajstić information content (AvgIpc) is 2.26. The first kappa shape index (κ1) is 15.2. The molecule has 0 saturated carbocycles. The largest absolute Gasteiger partial charge is 0.519 e. The molecule has 0 rings (SSSR count). The second kappa shape index (κ2) is 8.35. The van der Waals surface area contributed by atoms with Gasteiger partial charge in [0, 0.05) is 0 Å². The summed E-state index contributed by atoms with van der Waals surface area (Å²) in [5.41, 5.74) is 0. The lowest BCUT2D eigenvalue weighted by Crippen LogP contribution is -2.42. The molecule has 0 aliphatic carbocycles. The number of carbonyl (C=O) groups excluding carboxylic acids is 1. The molecule has 96 valence electrons. The average molecular weight is 243 g/mol. The summed E-state index contributed by atoms with van der Waals surface area (Å²) in [4.78, 5) is 12.9. The Bertz CT molecular complexity index is 318. The highest BCUT2D eigenvalue weighted by molar-refractivity contribution is 5.80. The first-order chi connectivity index (χ1) is 8.02. The third-order valence-electron chi connectivity index (χ3n) is 1.70. The monoisotopic (exact) mass is 243 g/mol. The third-order valence-corrected chi connectivity index (χ3v) is 1.70. The highest BCUT2D eigenvalue weighted by Crippen LogP contribution is 1.92. The van der Waals surface area contributed by atoms with Crippen LogP contribution in [0.3, 0.4) is 0 Å². The zero-order chi connectivity index (χ0) is 13.3. The van der Waals surface area contributed by atoms with E-state index in [2.05, 4.69) is 5.32 Å². The molecule has 0 aromatic heterocycles.